The van der Waals surface area contributed by atoms with Gasteiger partial charge in [-0.15, -0.1) is 0 Å². The molecule has 1 aromatic carbocycles. The standard InChI is InChI=1S/C20H25N3O2/c21-19-11-15(14-6-8-22-9-7-14)10-16(23-19)20-17(24)2-1-3-18(20)25-12-13-4-5-13/h1-3,10-11,13-14,22,24H,4-9,12H2,(H2,21,23). The van der Waals surface area contributed by atoms with Gasteiger partial charge in [0.2, 0.25) is 0 Å². The van der Waals surface area contributed by atoms with Crippen LogP contribution in [0.2, 0.25) is 0 Å². The molecule has 0 bridgehead atoms. The molecule has 2 fully saturated rings. The summed E-state index contributed by atoms with van der Waals surface area (Å²) in [5.41, 5.74) is 8.62. The maximum Gasteiger partial charge on any atom is 0.132 e. The zero-order valence-electron chi connectivity index (χ0n) is 14.4. The van der Waals surface area contributed by atoms with Crippen LogP contribution in [0.15, 0.2) is 30.3 Å². The van der Waals surface area contributed by atoms with Crippen molar-refractivity contribution in [3.8, 4) is 22.8 Å². The number of aromatic hydroxyl groups is 1. The summed E-state index contributed by atoms with van der Waals surface area (Å²) in [7, 11) is 0. The largest absolute Gasteiger partial charge is 0.507 e. The molecule has 4 rings (SSSR count). The number of ether oxygens (including phenoxy) is 1. The van der Waals surface area contributed by atoms with Gasteiger partial charge in [-0.1, -0.05) is 6.07 Å². The lowest BCUT2D eigenvalue weighted by atomic mass is 9.89. The minimum absolute atomic E-state index is 0.183. The summed E-state index contributed by atoms with van der Waals surface area (Å²) in [5.74, 6) is 2.48. The number of hydrogen-bond acceptors (Lipinski definition) is 5. The van der Waals surface area contributed by atoms with Crippen molar-refractivity contribution >= 4 is 5.82 Å². The van der Waals surface area contributed by atoms with Crippen molar-refractivity contribution in [2.75, 3.05) is 25.4 Å². The maximum absolute atomic E-state index is 10.4. The molecular formula is C20H25N3O2. The first-order valence-corrected chi connectivity index (χ1v) is 9.14. The van der Waals surface area contributed by atoms with Crippen LogP contribution in [0.5, 0.6) is 11.5 Å². The molecule has 2 aliphatic rings. The molecule has 0 radical (unpaired) electrons. The van der Waals surface area contributed by atoms with Crippen LogP contribution in [0, 0.1) is 5.92 Å². The average molecular weight is 339 g/mol. The van der Waals surface area contributed by atoms with Gasteiger partial charge >= 0.3 is 0 Å². The molecule has 1 saturated carbocycles. The van der Waals surface area contributed by atoms with Gasteiger partial charge in [0.25, 0.3) is 0 Å². The Morgan fingerprint density at radius 1 is 1.16 bits per heavy atom. The number of pyridine rings is 1. The summed E-state index contributed by atoms with van der Waals surface area (Å²) in [6, 6.07) is 9.40. The van der Waals surface area contributed by atoms with Crippen LogP contribution >= 0.6 is 0 Å². The third-order valence-corrected chi connectivity index (χ3v) is 5.11. The molecule has 5 heteroatoms. The van der Waals surface area contributed by atoms with Gasteiger partial charge in [0.15, 0.2) is 0 Å². The van der Waals surface area contributed by atoms with Crippen molar-refractivity contribution in [3.63, 3.8) is 0 Å². The Bertz CT molecular complexity index is 753. The Labute approximate surface area is 148 Å². The number of nitrogens with one attached hydrogen (secondary N) is 1. The molecule has 0 amide bonds. The van der Waals surface area contributed by atoms with Crippen molar-refractivity contribution in [1.82, 2.24) is 10.3 Å². The lowest BCUT2D eigenvalue weighted by Crippen LogP contribution is -2.26. The van der Waals surface area contributed by atoms with Crippen LogP contribution < -0.4 is 15.8 Å². The van der Waals surface area contributed by atoms with Crippen molar-refractivity contribution in [1.29, 1.82) is 0 Å². The monoisotopic (exact) mass is 339 g/mol. The summed E-state index contributed by atoms with van der Waals surface area (Å²) in [6.07, 6.45) is 4.64. The van der Waals surface area contributed by atoms with E-state index < -0.39 is 0 Å². The zero-order valence-corrected chi connectivity index (χ0v) is 14.4. The molecule has 2 heterocycles. The molecule has 4 N–H and O–H groups in total. The topological polar surface area (TPSA) is 80.4 Å². The summed E-state index contributed by atoms with van der Waals surface area (Å²) in [4.78, 5) is 4.49. The van der Waals surface area contributed by atoms with Crippen molar-refractivity contribution < 1.29 is 9.84 Å². The summed E-state index contributed by atoms with van der Waals surface area (Å²) < 4.78 is 5.97. The third-order valence-electron chi connectivity index (χ3n) is 5.11. The number of nitrogen functional groups attached to an aromatic ring is 1. The molecule has 1 aliphatic heterocycles. The predicted octanol–water partition coefficient (Wildman–Crippen LogP) is 3.29. The SMILES string of the molecule is Nc1cc(C2CCNCC2)cc(-c2c(O)cccc2OCC2CC2)n1. The second kappa shape index (κ2) is 6.92. The van der Waals surface area contributed by atoms with E-state index in [1.807, 2.05) is 12.1 Å². The Morgan fingerprint density at radius 3 is 2.72 bits per heavy atom. The maximum atomic E-state index is 10.4. The molecule has 25 heavy (non-hydrogen) atoms. The molecule has 0 unspecified atom stereocenters. The van der Waals surface area contributed by atoms with E-state index in [0.717, 1.165) is 25.9 Å². The molecule has 1 aliphatic carbocycles. The lowest BCUT2D eigenvalue weighted by Gasteiger charge is -2.24. The molecule has 132 valence electrons. The highest BCUT2D eigenvalue weighted by molar-refractivity contribution is 5.75. The van der Waals surface area contributed by atoms with Crippen LogP contribution in [0.1, 0.15) is 37.2 Å². The molecule has 0 spiro atoms. The van der Waals surface area contributed by atoms with Crippen LogP contribution in [-0.4, -0.2) is 29.8 Å². The quantitative estimate of drug-likeness (QED) is 0.779. The number of hydrogen-bond donors (Lipinski definition) is 3. The van der Waals surface area contributed by atoms with Gasteiger partial charge in [-0.25, -0.2) is 4.98 Å². The second-order valence-electron chi connectivity index (χ2n) is 7.14. The first-order chi connectivity index (χ1) is 12.2. The van der Waals surface area contributed by atoms with Gasteiger partial charge in [0, 0.05) is 0 Å². The minimum atomic E-state index is 0.183. The van der Waals surface area contributed by atoms with Crippen molar-refractivity contribution in [2.24, 2.45) is 5.92 Å². The number of anilines is 1. The molecule has 1 aromatic heterocycles. The first-order valence-electron chi connectivity index (χ1n) is 9.14. The highest BCUT2D eigenvalue weighted by Crippen LogP contribution is 2.40. The Morgan fingerprint density at radius 2 is 1.96 bits per heavy atom. The Kier molecular flexibility index (Phi) is 4.49. The van der Waals surface area contributed by atoms with Crippen LogP contribution in [0.4, 0.5) is 5.82 Å². The smallest absolute Gasteiger partial charge is 0.132 e. The zero-order chi connectivity index (χ0) is 17.2. The van der Waals surface area contributed by atoms with Gasteiger partial charge in [-0.2, -0.15) is 0 Å². The van der Waals surface area contributed by atoms with E-state index in [-0.39, 0.29) is 5.75 Å². The van der Waals surface area contributed by atoms with Crippen molar-refractivity contribution in [2.45, 2.75) is 31.6 Å². The number of rotatable bonds is 5. The predicted molar refractivity (Wildman–Crippen MR) is 98.8 cm³/mol. The number of benzene rings is 1. The summed E-state index contributed by atoms with van der Waals surface area (Å²) in [6.45, 7) is 2.74. The minimum Gasteiger partial charge on any atom is -0.507 e. The number of nitrogens with zero attached hydrogens (tertiary/aromatic N) is 1. The molecular weight excluding hydrogens is 314 g/mol. The van der Waals surface area contributed by atoms with Crippen molar-refractivity contribution in [3.05, 3.63) is 35.9 Å². The van der Waals surface area contributed by atoms with E-state index in [2.05, 4.69) is 16.4 Å². The van der Waals surface area contributed by atoms with Gasteiger partial charge < -0.3 is 20.9 Å². The molecule has 0 atom stereocenters. The van der Waals surface area contributed by atoms with Crippen LogP contribution in [0.3, 0.4) is 0 Å². The van der Waals surface area contributed by atoms with Crippen LogP contribution in [-0.2, 0) is 0 Å². The fraction of sp³-hybridized carbons (Fsp3) is 0.450. The Balaban J connectivity index is 1.69. The highest BCUT2D eigenvalue weighted by atomic mass is 16.5. The van der Waals surface area contributed by atoms with Gasteiger partial charge in [0.1, 0.15) is 17.3 Å². The number of piperidine rings is 1. The van der Waals surface area contributed by atoms with Gasteiger partial charge in [-0.3, -0.25) is 0 Å². The van der Waals surface area contributed by atoms with E-state index in [0.29, 0.717) is 41.3 Å². The number of phenolic OH excluding ortho intramolecular Hbond substituents is 1. The third kappa shape index (κ3) is 3.71. The number of phenols is 1. The second-order valence-corrected chi connectivity index (χ2v) is 7.14. The van der Waals surface area contributed by atoms with E-state index >= 15 is 0 Å². The number of aromatic nitrogens is 1. The molecule has 1 saturated heterocycles. The van der Waals surface area contributed by atoms with Gasteiger partial charge in [-0.05, 0) is 80.4 Å². The van der Waals surface area contributed by atoms with Crippen LogP contribution in [0.25, 0.3) is 11.3 Å². The fourth-order valence-electron chi connectivity index (χ4n) is 3.48. The van der Waals surface area contributed by atoms with Gasteiger partial charge in [0.05, 0.1) is 17.9 Å². The summed E-state index contributed by atoms with van der Waals surface area (Å²) >= 11 is 0. The lowest BCUT2D eigenvalue weighted by molar-refractivity contribution is 0.299. The first kappa shape index (κ1) is 16.2. The number of nitrogens with two attached hydrogens (primary N) is 1. The summed E-state index contributed by atoms with van der Waals surface area (Å²) in [5, 5.41) is 13.8. The Hall–Kier alpha value is -2.27. The normalized spacial score (nSPS) is 18.2. The fourth-order valence-corrected chi connectivity index (χ4v) is 3.48. The highest BCUT2D eigenvalue weighted by Gasteiger charge is 2.24. The molecule has 2 aromatic rings. The van der Waals surface area contributed by atoms with E-state index in [9.17, 15) is 5.11 Å². The van der Waals surface area contributed by atoms with E-state index in [1.165, 1.54) is 18.4 Å². The van der Waals surface area contributed by atoms with E-state index in [4.69, 9.17) is 10.5 Å². The average Bonchev–Trinajstić information content (AvgIpc) is 3.44. The van der Waals surface area contributed by atoms with E-state index in [1.54, 1.807) is 12.1 Å². The molecule has 5 nitrogen and oxygen atoms in total.